The number of aryl methyl sites for hydroxylation is 2. The van der Waals surface area contributed by atoms with Crippen molar-refractivity contribution in [2.45, 2.75) is 19.3 Å². The van der Waals surface area contributed by atoms with Gasteiger partial charge in [-0.3, -0.25) is 10.1 Å². The summed E-state index contributed by atoms with van der Waals surface area (Å²) in [6.45, 7) is 0. The van der Waals surface area contributed by atoms with E-state index in [9.17, 15) is 10.1 Å². The van der Waals surface area contributed by atoms with Gasteiger partial charge in [0.1, 0.15) is 0 Å². The average Bonchev–Trinajstić information content (AvgIpc) is 2.85. The van der Waals surface area contributed by atoms with E-state index < -0.39 is 0 Å². The van der Waals surface area contributed by atoms with Gasteiger partial charge < -0.3 is 5.32 Å². The molecule has 0 fully saturated rings. The highest BCUT2D eigenvalue weighted by Gasteiger charge is 2.13. The molecule has 1 aliphatic carbocycles. The summed E-state index contributed by atoms with van der Waals surface area (Å²) in [6.07, 6.45) is 3.54. The van der Waals surface area contributed by atoms with Crippen molar-refractivity contribution in [3.05, 3.63) is 61.2 Å². The zero-order valence-corrected chi connectivity index (χ0v) is 12.9. The van der Waals surface area contributed by atoms with Crippen molar-refractivity contribution in [1.29, 1.82) is 0 Å². The topological polar surface area (TPSA) is 55.2 Å². The summed E-state index contributed by atoms with van der Waals surface area (Å²) in [6, 6.07) is 11.5. The molecule has 2 aromatic rings. The Hall–Kier alpha value is -1.63. The third-order valence-electron chi connectivity index (χ3n) is 3.53. The molecule has 4 nitrogen and oxygen atoms in total. The van der Waals surface area contributed by atoms with E-state index in [0.29, 0.717) is 3.57 Å². The number of nitro groups is 1. The number of fused-ring (bicyclic) bond motifs is 1. The van der Waals surface area contributed by atoms with Crippen LogP contribution in [-0.2, 0) is 12.8 Å². The van der Waals surface area contributed by atoms with E-state index in [1.54, 1.807) is 12.1 Å². The number of hydrogen-bond acceptors (Lipinski definition) is 3. The molecule has 20 heavy (non-hydrogen) atoms. The van der Waals surface area contributed by atoms with Crippen molar-refractivity contribution >= 4 is 39.7 Å². The molecule has 0 aromatic heterocycles. The molecule has 2 aromatic carbocycles. The number of nitro benzene ring substituents is 1. The van der Waals surface area contributed by atoms with Gasteiger partial charge in [0.05, 0.1) is 8.49 Å². The molecule has 1 aliphatic rings. The van der Waals surface area contributed by atoms with Crippen LogP contribution in [0.3, 0.4) is 0 Å². The molecule has 0 saturated carbocycles. The Balaban J connectivity index is 1.84. The lowest BCUT2D eigenvalue weighted by molar-refractivity contribution is -0.385. The molecule has 3 rings (SSSR count). The van der Waals surface area contributed by atoms with Gasteiger partial charge in [0.2, 0.25) is 0 Å². The van der Waals surface area contributed by atoms with Crippen LogP contribution < -0.4 is 5.32 Å². The quantitative estimate of drug-likeness (QED) is 0.487. The van der Waals surface area contributed by atoms with Crippen LogP contribution in [0.15, 0.2) is 36.4 Å². The Bertz CT molecular complexity index is 686. The van der Waals surface area contributed by atoms with E-state index in [0.717, 1.165) is 17.8 Å². The van der Waals surface area contributed by atoms with Crippen LogP contribution in [0, 0.1) is 13.7 Å². The highest BCUT2D eigenvalue weighted by molar-refractivity contribution is 14.1. The second-order valence-corrected chi connectivity index (χ2v) is 6.05. The number of hydrogen-bond donors (Lipinski definition) is 1. The smallest absolute Gasteiger partial charge is 0.282 e. The summed E-state index contributed by atoms with van der Waals surface area (Å²) in [5.74, 6) is 0. The van der Waals surface area contributed by atoms with Gasteiger partial charge in [-0.25, -0.2) is 0 Å². The number of rotatable bonds is 3. The van der Waals surface area contributed by atoms with Gasteiger partial charge in [-0.05, 0) is 77.2 Å². The minimum absolute atomic E-state index is 0.144. The second kappa shape index (κ2) is 5.40. The Kier molecular flexibility index (Phi) is 3.60. The van der Waals surface area contributed by atoms with E-state index in [4.69, 9.17) is 0 Å². The fourth-order valence-corrected chi connectivity index (χ4v) is 3.26. The summed E-state index contributed by atoms with van der Waals surface area (Å²) >= 11 is 1.99. The summed E-state index contributed by atoms with van der Waals surface area (Å²) in [5, 5.41) is 14.1. The van der Waals surface area contributed by atoms with Gasteiger partial charge in [0, 0.05) is 17.4 Å². The van der Waals surface area contributed by atoms with Crippen LogP contribution in [0.2, 0.25) is 0 Å². The molecule has 102 valence electrons. The van der Waals surface area contributed by atoms with Gasteiger partial charge >= 0.3 is 0 Å². The van der Waals surface area contributed by atoms with Crippen molar-refractivity contribution in [2.24, 2.45) is 0 Å². The van der Waals surface area contributed by atoms with Gasteiger partial charge in [-0.15, -0.1) is 0 Å². The molecule has 0 aliphatic heterocycles. The maximum atomic E-state index is 10.8. The first-order valence-corrected chi connectivity index (χ1v) is 7.54. The standard InChI is InChI=1S/C15H13IN2O2/c16-14-9-13(6-7-15(14)18(19)20)17-12-5-4-10-2-1-3-11(10)8-12/h4-9,17H,1-3H2. The maximum Gasteiger partial charge on any atom is 0.282 e. The first-order valence-electron chi connectivity index (χ1n) is 6.46. The highest BCUT2D eigenvalue weighted by Crippen LogP contribution is 2.29. The fraction of sp³-hybridized carbons (Fsp3) is 0.200. The Labute approximate surface area is 130 Å². The van der Waals surface area contributed by atoms with E-state index in [-0.39, 0.29) is 10.6 Å². The predicted molar refractivity (Wildman–Crippen MR) is 87.6 cm³/mol. The largest absolute Gasteiger partial charge is 0.355 e. The normalized spacial score (nSPS) is 13.1. The van der Waals surface area contributed by atoms with Gasteiger partial charge in [0.15, 0.2) is 0 Å². The molecule has 0 saturated heterocycles. The average molecular weight is 380 g/mol. The second-order valence-electron chi connectivity index (χ2n) is 4.89. The molecular weight excluding hydrogens is 367 g/mol. The molecule has 0 amide bonds. The molecule has 5 heteroatoms. The molecule has 0 atom stereocenters. The Morgan fingerprint density at radius 2 is 1.75 bits per heavy atom. The maximum absolute atomic E-state index is 10.8. The van der Waals surface area contributed by atoms with Crippen molar-refractivity contribution in [1.82, 2.24) is 0 Å². The van der Waals surface area contributed by atoms with Crippen LogP contribution >= 0.6 is 22.6 Å². The summed E-state index contributed by atoms with van der Waals surface area (Å²) < 4.78 is 0.638. The third-order valence-corrected chi connectivity index (χ3v) is 4.40. The SMILES string of the molecule is O=[N+]([O-])c1ccc(Nc2ccc3c(c2)CCC3)cc1I. The monoisotopic (exact) mass is 380 g/mol. The Morgan fingerprint density at radius 1 is 1.05 bits per heavy atom. The van der Waals surface area contributed by atoms with Gasteiger partial charge in [-0.1, -0.05) is 6.07 Å². The first kappa shape index (κ1) is 13.4. The molecule has 0 spiro atoms. The highest BCUT2D eigenvalue weighted by atomic mass is 127. The molecule has 0 heterocycles. The van der Waals surface area contributed by atoms with E-state index in [2.05, 4.69) is 23.5 Å². The van der Waals surface area contributed by atoms with Gasteiger partial charge in [0.25, 0.3) is 5.69 Å². The lowest BCUT2D eigenvalue weighted by atomic mass is 10.1. The first-order chi connectivity index (χ1) is 9.63. The van der Waals surface area contributed by atoms with Crippen LogP contribution in [0.25, 0.3) is 0 Å². The zero-order valence-electron chi connectivity index (χ0n) is 10.7. The number of anilines is 2. The van der Waals surface area contributed by atoms with Crippen LogP contribution in [0.5, 0.6) is 0 Å². The molecule has 1 N–H and O–H groups in total. The minimum atomic E-state index is -0.360. The van der Waals surface area contributed by atoms with Crippen LogP contribution in [0.1, 0.15) is 17.5 Å². The summed E-state index contributed by atoms with van der Waals surface area (Å²) in [7, 11) is 0. The van der Waals surface area contributed by atoms with Crippen LogP contribution in [-0.4, -0.2) is 4.92 Å². The third kappa shape index (κ3) is 2.63. The van der Waals surface area contributed by atoms with Crippen molar-refractivity contribution in [3.8, 4) is 0 Å². The molecule has 0 bridgehead atoms. The summed E-state index contributed by atoms with van der Waals surface area (Å²) in [4.78, 5) is 10.4. The molecule has 0 radical (unpaired) electrons. The van der Waals surface area contributed by atoms with Crippen molar-refractivity contribution in [3.63, 3.8) is 0 Å². The number of benzene rings is 2. The van der Waals surface area contributed by atoms with E-state index in [1.807, 2.05) is 22.6 Å². The van der Waals surface area contributed by atoms with Crippen molar-refractivity contribution in [2.75, 3.05) is 5.32 Å². The number of nitrogens with zero attached hydrogens (tertiary/aromatic N) is 1. The Morgan fingerprint density at radius 3 is 2.50 bits per heavy atom. The fourth-order valence-electron chi connectivity index (χ4n) is 2.55. The summed E-state index contributed by atoms with van der Waals surface area (Å²) in [5.41, 5.74) is 4.90. The molecular formula is C15H13IN2O2. The minimum Gasteiger partial charge on any atom is -0.355 e. The van der Waals surface area contributed by atoms with Crippen molar-refractivity contribution < 1.29 is 4.92 Å². The van der Waals surface area contributed by atoms with E-state index >= 15 is 0 Å². The van der Waals surface area contributed by atoms with Crippen LogP contribution in [0.4, 0.5) is 17.1 Å². The number of nitrogens with one attached hydrogen (secondary N) is 1. The van der Waals surface area contributed by atoms with Gasteiger partial charge in [-0.2, -0.15) is 0 Å². The lowest BCUT2D eigenvalue weighted by Gasteiger charge is -2.09. The lowest BCUT2D eigenvalue weighted by Crippen LogP contribution is -1.95. The zero-order chi connectivity index (χ0) is 14.1. The number of halogens is 1. The van der Waals surface area contributed by atoms with E-state index in [1.165, 1.54) is 30.0 Å². The predicted octanol–water partition coefficient (Wildman–Crippen LogP) is 4.43. The molecule has 0 unspecified atom stereocenters.